The van der Waals surface area contributed by atoms with Gasteiger partial charge in [0.25, 0.3) is 5.91 Å². The third-order valence-electron chi connectivity index (χ3n) is 1.75. The van der Waals surface area contributed by atoms with Crippen molar-refractivity contribution in [1.82, 2.24) is 0 Å². The summed E-state index contributed by atoms with van der Waals surface area (Å²) < 4.78 is 10.3. The molecule has 0 saturated heterocycles. The fourth-order valence-corrected chi connectivity index (χ4v) is 1.11. The zero-order valence-electron chi connectivity index (χ0n) is 8.24. The number of methoxy groups -OCH3 is 1. The Morgan fingerprint density at radius 1 is 1.50 bits per heavy atom. The van der Waals surface area contributed by atoms with Crippen molar-refractivity contribution < 1.29 is 14.3 Å². The van der Waals surface area contributed by atoms with Crippen LogP contribution >= 0.6 is 0 Å². The van der Waals surface area contributed by atoms with Gasteiger partial charge in [0.1, 0.15) is 11.5 Å². The van der Waals surface area contributed by atoms with Crippen molar-refractivity contribution in [3.63, 3.8) is 0 Å². The van der Waals surface area contributed by atoms with E-state index >= 15 is 0 Å². The smallest absolute Gasteiger partial charge is 0.252 e. The van der Waals surface area contributed by atoms with Crippen LogP contribution in [0.1, 0.15) is 17.3 Å². The van der Waals surface area contributed by atoms with Crippen molar-refractivity contribution >= 4 is 5.91 Å². The van der Waals surface area contributed by atoms with E-state index in [9.17, 15) is 4.79 Å². The van der Waals surface area contributed by atoms with E-state index in [1.807, 2.05) is 6.92 Å². The average Bonchev–Trinajstić information content (AvgIpc) is 2.17. The van der Waals surface area contributed by atoms with Gasteiger partial charge in [0.2, 0.25) is 0 Å². The second-order valence-electron chi connectivity index (χ2n) is 2.66. The molecule has 0 aliphatic rings. The molecular formula is C10H13NO3. The summed E-state index contributed by atoms with van der Waals surface area (Å²) in [6.45, 7) is 2.32. The van der Waals surface area contributed by atoms with E-state index in [4.69, 9.17) is 15.2 Å². The maximum Gasteiger partial charge on any atom is 0.252 e. The Balaban J connectivity index is 3.10. The summed E-state index contributed by atoms with van der Waals surface area (Å²) in [6.07, 6.45) is 0. The Morgan fingerprint density at radius 3 is 2.71 bits per heavy atom. The number of primary amides is 1. The van der Waals surface area contributed by atoms with Crippen LogP contribution in [-0.4, -0.2) is 19.6 Å². The number of hydrogen-bond acceptors (Lipinski definition) is 3. The maximum atomic E-state index is 11.0. The summed E-state index contributed by atoms with van der Waals surface area (Å²) in [5, 5.41) is 0. The highest BCUT2D eigenvalue weighted by molar-refractivity contribution is 5.95. The SMILES string of the molecule is CCOc1cc(OC)ccc1C(N)=O. The van der Waals surface area contributed by atoms with E-state index in [1.165, 1.54) is 0 Å². The molecule has 0 radical (unpaired) electrons. The fourth-order valence-electron chi connectivity index (χ4n) is 1.11. The Labute approximate surface area is 82.6 Å². The van der Waals surface area contributed by atoms with Crippen LogP contribution in [0.15, 0.2) is 18.2 Å². The van der Waals surface area contributed by atoms with E-state index < -0.39 is 5.91 Å². The monoisotopic (exact) mass is 195 g/mol. The van der Waals surface area contributed by atoms with Crippen molar-refractivity contribution in [2.75, 3.05) is 13.7 Å². The topological polar surface area (TPSA) is 61.6 Å². The molecule has 0 aromatic heterocycles. The van der Waals surface area contributed by atoms with E-state index in [2.05, 4.69) is 0 Å². The van der Waals surface area contributed by atoms with Gasteiger partial charge in [0, 0.05) is 6.07 Å². The molecule has 2 N–H and O–H groups in total. The van der Waals surface area contributed by atoms with Crippen LogP contribution in [-0.2, 0) is 0 Å². The van der Waals surface area contributed by atoms with Crippen LogP contribution in [0.3, 0.4) is 0 Å². The van der Waals surface area contributed by atoms with Gasteiger partial charge in [-0.05, 0) is 19.1 Å². The minimum Gasteiger partial charge on any atom is -0.497 e. The lowest BCUT2D eigenvalue weighted by Gasteiger charge is -2.09. The normalized spacial score (nSPS) is 9.57. The molecule has 0 aliphatic carbocycles. The fraction of sp³-hybridized carbons (Fsp3) is 0.300. The highest BCUT2D eigenvalue weighted by Gasteiger charge is 2.09. The Kier molecular flexibility index (Phi) is 3.34. The molecule has 1 amide bonds. The first-order chi connectivity index (χ1) is 6.69. The lowest BCUT2D eigenvalue weighted by molar-refractivity contribution is 0.0996. The summed E-state index contributed by atoms with van der Waals surface area (Å²) in [5.41, 5.74) is 5.54. The second-order valence-corrected chi connectivity index (χ2v) is 2.66. The Morgan fingerprint density at radius 2 is 2.21 bits per heavy atom. The molecule has 0 unspecified atom stereocenters. The molecular weight excluding hydrogens is 182 g/mol. The molecule has 0 spiro atoms. The Bertz CT molecular complexity index is 336. The van der Waals surface area contributed by atoms with Crippen molar-refractivity contribution in [3.05, 3.63) is 23.8 Å². The largest absolute Gasteiger partial charge is 0.497 e. The molecule has 4 heteroatoms. The van der Waals surface area contributed by atoms with Gasteiger partial charge in [0.15, 0.2) is 0 Å². The molecule has 0 atom stereocenters. The quantitative estimate of drug-likeness (QED) is 0.785. The molecule has 0 fully saturated rings. The summed E-state index contributed by atoms with van der Waals surface area (Å²) in [6, 6.07) is 4.90. The van der Waals surface area contributed by atoms with Crippen LogP contribution in [0.5, 0.6) is 11.5 Å². The Hall–Kier alpha value is -1.71. The lowest BCUT2D eigenvalue weighted by atomic mass is 10.2. The number of rotatable bonds is 4. The van der Waals surface area contributed by atoms with E-state index in [0.29, 0.717) is 23.7 Å². The number of amides is 1. The maximum absolute atomic E-state index is 11.0. The van der Waals surface area contributed by atoms with Gasteiger partial charge in [-0.15, -0.1) is 0 Å². The molecule has 1 rings (SSSR count). The van der Waals surface area contributed by atoms with Crippen molar-refractivity contribution in [2.45, 2.75) is 6.92 Å². The molecule has 1 aromatic rings. The number of hydrogen-bond donors (Lipinski definition) is 1. The molecule has 0 aliphatic heterocycles. The van der Waals surface area contributed by atoms with Crippen molar-refractivity contribution in [3.8, 4) is 11.5 Å². The average molecular weight is 195 g/mol. The molecule has 76 valence electrons. The molecule has 0 bridgehead atoms. The van der Waals surface area contributed by atoms with Gasteiger partial charge in [-0.2, -0.15) is 0 Å². The number of benzene rings is 1. The van der Waals surface area contributed by atoms with Gasteiger partial charge in [0.05, 0.1) is 19.3 Å². The van der Waals surface area contributed by atoms with Crippen molar-refractivity contribution in [1.29, 1.82) is 0 Å². The third kappa shape index (κ3) is 2.16. The lowest BCUT2D eigenvalue weighted by Crippen LogP contribution is -2.13. The minimum absolute atomic E-state index is 0.368. The first-order valence-electron chi connectivity index (χ1n) is 4.29. The minimum atomic E-state index is -0.504. The van der Waals surface area contributed by atoms with E-state index in [1.54, 1.807) is 25.3 Å². The molecule has 0 heterocycles. The van der Waals surface area contributed by atoms with E-state index in [0.717, 1.165) is 0 Å². The predicted molar refractivity (Wildman–Crippen MR) is 52.7 cm³/mol. The van der Waals surface area contributed by atoms with Gasteiger partial charge < -0.3 is 15.2 Å². The zero-order valence-corrected chi connectivity index (χ0v) is 8.24. The summed E-state index contributed by atoms with van der Waals surface area (Å²) >= 11 is 0. The first-order valence-corrected chi connectivity index (χ1v) is 4.29. The van der Waals surface area contributed by atoms with Crippen molar-refractivity contribution in [2.24, 2.45) is 5.73 Å². The van der Waals surface area contributed by atoms with Gasteiger partial charge in [-0.25, -0.2) is 0 Å². The molecule has 14 heavy (non-hydrogen) atoms. The molecule has 4 nitrogen and oxygen atoms in total. The van der Waals surface area contributed by atoms with Crippen LogP contribution in [0, 0.1) is 0 Å². The van der Waals surface area contributed by atoms with Crippen LogP contribution in [0.4, 0.5) is 0 Å². The second kappa shape index (κ2) is 4.50. The summed E-state index contributed by atoms with van der Waals surface area (Å²) in [7, 11) is 1.55. The number of carbonyl (C=O) groups is 1. The van der Waals surface area contributed by atoms with Crippen LogP contribution in [0.2, 0.25) is 0 Å². The highest BCUT2D eigenvalue weighted by atomic mass is 16.5. The number of carbonyl (C=O) groups excluding carboxylic acids is 1. The van der Waals surface area contributed by atoms with Crippen LogP contribution < -0.4 is 15.2 Å². The number of nitrogens with two attached hydrogens (primary N) is 1. The first kappa shape index (κ1) is 10.4. The highest BCUT2D eigenvalue weighted by Crippen LogP contribution is 2.24. The van der Waals surface area contributed by atoms with E-state index in [-0.39, 0.29) is 0 Å². The van der Waals surface area contributed by atoms with Crippen LogP contribution in [0.25, 0.3) is 0 Å². The molecule has 0 saturated carbocycles. The summed E-state index contributed by atoms with van der Waals surface area (Å²) in [4.78, 5) is 11.0. The van der Waals surface area contributed by atoms with Gasteiger partial charge >= 0.3 is 0 Å². The standard InChI is InChI=1S/C10H13NO3/c1-3-14-9-6-7(13-2)4-5-8(9)10(11)12/h4-6H,3H2,1-2H3,(H2,11,12). The molecule has 1 aromatic carbocycles. The number of ether oxygens (including phenoxy) is 2. The third-order valence-corrected chi connectivity index (χ3v) is 1.75. The summed E-state index contributed by atoms with van der Waals surface area (Å²) in [5.74, 6) is 0.592. The van der Waals surface area contributed by atoms with Gasteiger partial charge in [-0.3, -0.25) is 4.79 Å². The predicted octanol–water partition coefficient (Wildman–Crippen LogP) is 1.19. The zero-order chi connectivity index (χ0) is 10.6. The van der Waals surface area contributed by atoms with Gasteiger partial charge in [-0.1, -0.05) is 0 Å².